The van der Waals surface area contributed by atoms with Crippen molar-refractivity contribution in [2.45, 2.75) is 19.4 Å². The SMILES string of the molecule is Cc1ccc(C#N)cc1NC(=O)CC1CNCCO1. The molecule has 1 aliphatic heterocycles. The Hall–Kier alpha value is -1.90. The third kappa shape index (κ3) is 3.78. The van der Waals surface area contributed by atoms with Gasteiger partial charge in [-0.05, 0) is 24.6 Å². The Morgan fingerprint density at radius 1 is 1.63 bits per heavy atom. The molecule has 0 saturated carbocycles. The smallest absolute Gasteiger partial charge is 0.227 e. The highest BCUT2D eigenvalue weighted by Gasteiger charge is 2.17. The van der Waals surface area contributed by atoms with E-state index < -0.39 is 0 Å². The predicted molar refractivity (Wildman–Crippen MR) is 71.8 cm³/mol. The molecule has 1 aromatic rings. The van der Waals surface area contributed by atoms with Crippen molar-refractivity contribution in [3.05, 3.63) is 29.3 Å². The summed E-state index contributed by atoms with van der Waals surface area (Å²) in [7, 11) is 0. The van der Waals surface area contributed by atoms with Crippen LogP contribution in [0.4, 0.5) is 5.69 Å². The van der Waals surface area contributed by atoms with Crippen LogP contribution in [0, 0.1) is 18.3 Å². The first-order valence-electron chi connectivity index (χ1n) is 6.32. The van der Waals surface area contributed by atoms with E-state index in [4.69, 9.17) is 10.00 Å². The number of nitrogens with zero attached hydrogens (tertiary/aromatic N) is 1. The van der Waals surface area contributed by atoms with Gasteiger partial charge in [0, 0.05) is 18.8 Å². The summed E-state index contributed by atoms with van der Waals surface area (Å²) < 4.78 is 5.49. The zero-order valence-corrected chi connectivity index (χ0v) is 10.9. The van der Waals surface area contributed by atoms with E-state index in [1.165, 1.54) is 0 Å². The summed E-state index contributed by atoms with van der Waals surface area (Å²) in [5.74, 6) is -0.0908. The molecule has 5 heteroatoms. The van der Waals surface area contributed by atoms with Crippen LogP contribution in [0.15, 0.2) is 18.2 Å². The number of nitrogens with one attached hydrogen (secondary N) is 2. The van der Waals surface area contributed by atoms with Crippen LogP contribution in [-0.4, -0.2) is 31.7 Å². The van der Waals surface area contributed by atoms with Crippen molar-refractivity contribution in [3.8, 4) is 6.07 Å². The van der Waals surface area contributed by atoms with Crippen LogP contribution in [0.25, 0.3) is 0 Å². The van der Waals surface area contributed by atoms with Crippen molar-refractivity contribution in [1.82, 2.24) is 5.32 Å². The van der Waals surface area contributed by atoms with Gasteiger partial charge in [-0.15, -0.1) is 0 Å². The molecular weight excluding hydrogens is 242 g/mol. The molecule has 100 valence electrons. The summed E-state index contributed by atoms with van der Waals surface area (Å²) >= 11 is 0. The summed E-state index contributed by atoms with van der Waals surface area (Å²) in [6.07, 6.45) is 0.247. The molecule has 19 heavy (non-hydrogen) atoms. The van der Waals surface area contributed by atoms with Gasteiger partial charge in [-0.25, -0.2) is 0 Å². The largest absolute Gasteiger partial charge is 0.375 e. The number of benzene rings is 1. The third-order valence-corrected chi connectivity index (χ3v) is 3.06. The van der Waals surface area contributed by atoms with Crippen LogP contribution in [-0.2, 0) is 9.53 Å². The second-order valence-corrected chi connectivity index (χ2v) is 4.59. The number of anilines is 1. The molecule has 0 radical (unpaired) electrons. The quantitative estimate of drug-likeness (QED) is 0.855. The number of ether oxygens (including phenoxy) is 1. The summed E-state index contributed by atoms with van der Waals surface area (Å²) in [6.45, 7) is 4.07. The number of carbonyl (C=O) groups is 1. The molecule has 1 aromatic carbocycles. The summed E-state index contributed by atoms with van der Waals surface area (Å²) in [5.41, 5.74) is 2.17. The minimum absolute atomic E-state index is 0.0757. The van der Waals surface area contributed by atoms with Gasteiger partial charge in [0.15, 0.2) is 0 Å². The first kappa shape index (κ1) is 13.5. The summed E-state index contributed by atoms with van der Waals surface area (Å²) in [5, 5.41) is 14.9. The maximum absolute atomic E-state index is 11.9. The van der Waals surface area contributed by atoms with Gasteiger partial charge in [-0.2, -0.15) is 5.26 Å². The van der Waals surface area contributed by atoms with E-state index in [9.17, 15) is 4.79 Å². The van der Waals surface area contributed by atoms with Crippen LogP contribution in [0.1, 0.15) is 17.5 Å². The molecule has 1 amide bonds. The Kier molecular flexibility index (Phi) is 4.50. The first-order chi connectivity index (χ1) is 9.19. The van der Waals surface area contributed by atoms with Crippen molar-refractivity contribution < 1.29 is 9.53 Å². The maximum Gasteiger partial charge on any atom is 0.227 e. The van der Waals surface area contributed by atoms with E-state index >= 15 is 0 Å². The zero-order chi connectivity index (χ0) is 13.7. The number of morpholine rings is 1. The molecular formula is C14H17N3O2. The number of carbonyl (C=O) groups excluding carboxylic acids is 1. The first-order valence-corrected chi connectivity index (χ1v) is 6.32. The van der Waals surface area contributed by atoms with Crippen molar-refractivity contribution in [1.29, 1.82) is 5.26 Å². The molecule has 5 nitrogen and oxygen atoms in total. The number of hydrogen-bond acceptors (Lipinski definition) is 4. The number of amides is 1. The highest BCUT2D eigenvalue weighted by atomic mass is 16.5. The lowest BCUT2D eigenvalue weighted by Crippen LogP contribution is -2.40. The molecule has 1 unspecified atom stereocenters. The second-order valence-electron chi connectivity index (χ2n) is 4.59. The van der Waals surface area contributed by atoms with Gasteiger partial charge in [-0.1, -0.05) is 6.07 Å². The molecule has 0 aliphatic carbocycles. The van der Waals surface area contributed by atoms with Gasteiger partial charge in [0.05, 0.1) is 30.8 Å². The molecule has 0 bridgehead atoms. The zero-order valence-electron chi connectivity index (χ0n) is 10.9. The Balaban J connectivity index is 1.96. The Bertz CT molecular complexity index is 502. The summed E-state index contributed by atoms with van der Waals surface area (Å²) in [4.78, 5) is 11.9. The molecule has 1 heterocycles. The van der Waals surface area contributed by atoms with Gasteiger partial charge in [-0.3, -0.25) is 4.79 Å². The van der Waals surface area contributed by atoms with Crippen LogP contribution in [0.2, 0.25) is 0 Å². The van der Waals surface area contributed by atoms with Gasteiger partial charge >= 0.3 is 0 Å². The molecule has 1 atom stereocenters. The fourth-order valence-corrected chi connectivity index (χ4v) is 1.99. The molecule has 0 spiro atoms. The van der Waals surface area contributed by atoms with Crippen LogP contribution in [0.5, 0.6) is 0 Å². The Labute approximate surface area is 112 Å². The van der Waals surface area contributed by atoms with Crippen LogP contribution in [0.3, 0.4) is 0 Å². The van der Waals surface area contributed by atoms with Crippen molar-refractivity contribution in [2.75, 3.05) is 25.0 Å². The highest BCUT2D eigenvalue weighted by molar-refractivity contribution is 5.92. The van der Waals surface area contributed by atoms with Gasteiger partial charge < -0.3 is 15.4 Å². The summed E-state index contributed by atoms with van der Waals surface area (Å²) in [6, 6.07) is 7.31. The lowest BCUT2D eigenvalue weighted by atomic mass is 10.1. The lowest BCUT2D eigenvalue weighted by molar-refractivity contribution is -0.119. The minimum Gasteiger partial charge on any atom is -0.375 e. The Morgan fingerprint density at radius 3 is 3.16 bits per heavy atom. The Morgan fingerprint density at radius 2 is 2.47 bits per heavy atom. The fraction of sp³-hybridized carbons (Fsp3) is 0.429. The number of hydrogen-bond donors (Lipinski definition) is 2. The second kappa shape index (κ2) is 6.32. The number of rotatable bonds is 3. The van der Waals surface area contributed by atoms with Crippen molar-refractivity contribution in [3.63, 3.8) is 0 Å². The highest BCUT2D eigenvalue weighted by Crippen LogP contribution is 2.17. The van der Waals surface area contributed by atoms with E-state index in [0.717, 1.165) is 12.1 Å². The fourth-order valence-electron chi connectivity index (χ4n) is 1.99. The number of nitriles is 1. The predicted octanol–water partition coefficient (Wildman–Crippen LogP) is 1.18. The molecule has 2 rings (SSSR count). The lowest BCUT2D eigenvalue weighted by Gasteiger charge is -2.23. The normalized spacial score (nSPS) is 18.6. The van der Waals surface area contributed by atoms with Crippen molar-refractivity contribution >= 4 is 11.6 Å². The average Bonchev–Trinajstić information content (AvgIpc) is 2.42. The monoisotopic (exact) mass is 259 g/mol. The van der Waals surface area contributed by atoms with Gasteiger partial charge in [0.1, 0.15) is 0 Å². The topological polar surface area (TPSA) is 74.2 Å². The van der Waals surface area contributed by atoms with Gasteiger partial charge in [0.2, 0.25) is 5.91 Å². The van der Waals surface area contributed by atoms with E-state index in [2.05, 4.69) is 16.7 Å². The molecule has 1 fully saturated rings. The third-order valence-electron chi connectivity index (χ3n) is 3.06. The number of aryl methyl sites for hydroxylation is 1. The van der Waals surface area contributed by atoms with Crippen LogP contribution >= 0.6 is 0 Å². The van der Waals surface area contributed by atoms with E-state index in [1.54, 1.807) is 12.1 Å². The molecule has 0 aromatic heterocycles. The minimum atomic E-state index is -0.0908. The van der Waals surface area contributed by atoms with Crippen LogP contribution < -0.4 is 10.6 Å². The molecule has 2 N–H and O–H groups in total. The standard InChI is InChI=1S/C14H17N3O2/c1-10-2-3-11(8-15)6-13(10)17-14(18)7-12-9-16-4-5-19-12/h2-3,6,12,16H,4-5,7,9H2,1H3,(H,17,18). The van der Waals surface area contributed by atoms with Crippen molar-refractivity contribution in [2.24, 2.45) is 0 Å². The van der Waals surface area contributed by atoms with Gasteiger partial charge in [0.25, 0.3) is 0 Å². The average molecular weight is 259 g/mol. The van der Waals surface area contributed by atoms with E-state index in [-0.39, 0.29) is 12.0 Å². The molecule has 1 aliphatic rings. The molecule has 1 saturated heterocycles. The maximum atomic E-state index is 11.9. The van der Waals surface area contributed by atoms with E-state index in [1.807, 2.05) is 13.0 Å². The van der Waals surface area contributed by atoms with E-state index in [0.29, 0.717) is 30.8 Å².